The highest BCUT2D eigenvalue weighted by atomic mass is 32.2. The predicted molar refractivity (Wildman–Crippen MR) is 46.4 cm³/mol. The summed E-state index contributed by atoms with van der Waals surface area (Å²) in [5.41, 5.74) is 0. The van der Waals surface area contributed by atoms with Crippen LogP contribution in [-0.2, 0) is 4.79 Å². The minimum absolute atomic E-state index is 0.0972. The van der Waals surface area contributed by atoms with Crippen molar-refractivity contribution in [3.8, 4) is 0 Å². The number of carbonyl (C=O) groups is 1. The van der Waals surface area contributed by atoms with E-state index in [0.29, 0.717) is 0 Å². The molecule has 2 unspecified atom stereocenters. The fraction of sp³-hybridized carbons (Fsp3) is 0.875. The van der Waals surface area contributed by atoms with Crippen LogP contribution in [-0.4, -0.2) is 22.1 Å². The summed E-state index contributed by atoms with van der Waals surface area (Å²) in [6, 6.07) is 0. The third-order valence-corrected chi connectivity index (χ3v) is 3.10. The molecule has 0 aromatic heterocycles. The molecular formula is C8H14O2S. The first kappa shape index (κ1) is 9.07. The quantitative estimate of drug-likeness (QED) is 0.685. The van der Waals surface area contributed by atoms with Crippen LogP contribution in [0.5, 0.6) is 0 Å². The lowest BCUT2D eigenvalue weighted by atomic mass is 9.93. The van der Waals surface area contributed by atoms with Crippen LogP contribution in [0.25, 0.3) is 0 Å². The molecule has 3 heteroatoms. The number of rotatable bonds is 2. The van der Waals surface area contributed by atoms with E-state index in [-0.39, 0.29) is 17.0 Å². The molecule has 2 atom stereocenters. The van der Waals surface area contributed by atoms with Crippen LogP contribution in [0.4, 0.5) is 0 Å². The fourth-order valence-corrected chi connectivity index (χ4v) is 2.33. The molecule has 0 bridgehead atoms. The van der Waals surface area contributed by atoms with Crippen molar-refractivity contribution in [3.05, 3.63) is 0 Å². The number of thioether (sulfide) groups is 1. The zero-order valence-electron chi connectivity index (χ0n) is 6.91. The molecule has 1 heterocycles. The molecule has 1 aliphatic rings. The summed E-state index contributed by atoms with van der Waals surface area (Å²) in [6.45, 7) is 3.89. The summed E-state index contributed by atoms with van der Waals surface area (Å²) < 4.78 is 0. The number of hydrogen-bond acceptors (Lipinski definition) is 3. The number of aliphatic hydroxyl groups excluding tert-OH is 1. The van der Waals surface area contributed by atoms with Crippen LogP contribution in [0, 0.1) is 11.8 Å². The minimum Gasteiger partial charge on any atom is -0.392 e. The maximum absolute atomic E-state index is 11.1. The third-order valence-electron chi connectivity index (χ3n) is 2.07. The van der Waals surface area contributed by atoms with Crippen molar-refractivity contribution in [1.82, 2.24) is 0 Å². The van der Waals surface area contributed by atoms with Gasteiger partial charge in [-0.05, 0) is 12.3 Å². The molecule has 1 saturated heterocycles. The van der Waals surface area contributed by atoms with Crippen LogP contribution >= 0.6 is 11.8 Å². The Labute approximate surface area is 71.4 Å². The van der Waals surface area contributed by atoms with Gasteiger partial charge in [-0.3, -0.25) is 4.79 Å². The van der Waals surface area contributed by atoms with Gasteiger partial charge in [0.1, 0.15) is 0 Å². The summed E-state index contributed by atoms with van der Waals surface area (Å²) >= 11 is 1.35. The molecule has 1 aliphatic heterocycles. The van der Waals surface area contributed by atoms with E-state index in [4.69, 9.17) is 0 Å². The molecule has 0 aliphatic carbocycles. The SMILES string of the molecule is CC(C)C(O)C1CCSC1=O. The molecule has 0 spiro atoms. The summed E-state index contributed by atoms with van der Waals surface area (Å²) in [7, 11) is 0. The van der Waals surface area contributed by atoms with E-state index in [1.807, 2.05) is 13.8 Å². The first-order valence-electron chi connectivity index (χ1n) is 3.97. The standard InChI is InChI=1S/C8H14O2S/c1-5(2)7(9)6-3-4-11-8(6)10/h5-7,9H,3-4H2,1-2H3. The molecule has 64 valence electrons. The minimum atomic E-state index is -0.433. The summed E-state index contributed by atoms with van der Waals surface area (Å²) in [4.78, 5) is 11.1. The second-order valence-electron chi connectivity index (χ2n) is 3.30. The molecule has 1 N–H and O–H groups in total. The zero-order chi connectivity index (χ0) is 8.43. The predicted octanol–water partition coefficient (Wildman–Crippen LogP) is 1.28. The second kappa shape index (κ2) is 3.59. The monoisotopic (exact) mass is 174 g/mol. The van der Waals surface area contributed by atoms with E-state index >= 15 is 0 Å². The average Bonchev–Trinajstić information content (AvgIpc) is 2.33. The Morgan fingerprint density at radius 1 is 1.64 bits per heavy atom. The van der Waals surface area contributed by atoms with Gasteiger partial charge in [0.05, 0.1) is 12.0 Å². The summed E-state index contributed by atoms with van der Waals surface area (Å²) in [5, 5.41) is 9.73. The smallest absolute Gasteiger partial charge is 0.194 e. The van der Waals surface area contributed by atoms with E-state index < -0.39 is 6.10 Å². The van der Waals surface area contributed by atoms with Gasteiger partial charge in [0, 0.05) is 5.75 Å². The molecule has 0 amide bonds. The van der Waals surface area contributed by atoms with Crippen molar-refractivity contribution in [1.29, 1.82) is 0 Å². The Hall–Kier alpha value is -0.0200. The Bertz CT molecular complexity index is 156. The zero-order valence-corrected chi connectivity index (χ0v) is 7.73. The van der Waals surface area contributed by atoms with Gasteiger partial charge in [-0.25, -0.2) is 0 Å². The lowest BCUT2D eigenvalue weighted by molar-refractivity contribution is -0.117. The van der Waals surface area contributed by atoms with Crippen molar-refractivity contribution in [2.75, 3.05) is 5.75 Å². The van der Waals surface area contributed by atoms with Gasteiger partial charge in [0.15, 0.2) is 5.12 Å². The van der Waals surface area contributed by atoms with Crippen LogP contribution in [0.1, 0.15) is 20.3 Å². The largest absolute Gasteiger partial charge is 0.392 e. The van der Waals surface area contributed by atoms with E-state index in [1.54, 1.807) is 0 Å². The maximum atomic E-state index is 11.1. The van der Waals surface area contributed by atoms with Gasteiger partial charge >= 0.3 is 0 Å². The van der Waals surface area contributed by atoms with Gasteiger partial charge in [-0.15, -0.1) is 0 Å². The van der Waals surface area contributed by atoms with Crippen LogP contribution in [0.2, 0.25) is 0 Å². The van der Waals surface area contributed by atoms with Crippen LogP contribution < -0.4 is 0 Å². The first-order chi connectivity index (χ1) is 5.13. The molecule has 0 aromatic carbocycles. The van der Waals surface area contributed by atoms with Gasteiger partial charge < -0.3 is 5.11 Å². The third kappa shape index (κ3) is 1.97. The lowest BCUT2D eigenvalue weighted by Gasteiger charge is -2.18. The van der Waals surface area contributed by atoms with Crippen LogP contribution in [0.3, 0.4) is 0 Å². The van der Waals surface area contributed by atoms with Gasteiger partial charge in [0.25, 0.3) is 0 Å². The summed E-state index contributed by atoms with van der Waals surface area (Å²) in [5.74, 6) is 0.982. The molecule has 0 saturated carbocycles. The van der Waals surface area contributed by atoms with Crippen molar-refractivity contribution in [2.45, 2.75) is 26.4 Å². The van der Waals surface area contributed by atoms with Gasteiger partial charge in [0.2, 0.25) is 0 Å². The van der Waals surface area contributed by atoms with Gasteiger partial charge in [-0.2, -0.15) is 0 Å². The van der Waals surface area contributed by atoms with E-state index in [0.717, 1.165) is 12.2 Å². The van der Waals surface area contributed by atoms with Crippen molar-refractivity contribution in [3.63, 3.8) is 0 Å². The highest BCUT2D eigenvalue weighted by molar-refractivity contribution is 8.14. The highest BCUT2D eigenvalue weighted by Gasteiger charge is 2.33. The number of hydrogen-bond donors (Lipinski definition) is 1. The first-order valence-corrected chi connectivity index (χ1v) is 4.96. The molecule has 2 nitrogen and oxygen atoms in total. The molecular weight excluding hydrogens is 160 g/mol. The van der Waals surface area contributed by atoms with Gasteiger partial charge in [-0.1, -0.05) is 25.6 Å². The Kier molecular flexibility index (Phi) is 2.96. The average molecular weight is 174 g/mol. The van der Waals surface area contributed by atoms with Crippen molar-refractivity contribution >= 4 is 16.9 Å². The number of aliphatic hydroxyl groups is 1. The van der Waals surface area contributed by atoms with Crippen molar-refractivity contribution < 1.29 is 9.90 Å². The van der Waals surface area contributed by atoms with E-state index in [2.05, 4.69) is 0 Å². The maximum Gasteiger partial charge on any atom is 0.194 e. The molecule has 0 radical (unpaired) electrons. The molecule has 1 rings (SSSR count). The number of carbonyl (C=O) groups excluding carboxylic acids is 1. The van der Waals surface area contributed by atoms with Crippen LogP contribution in [0.15, 0.2) is 0 Å². The molecule has 0 aromatic rings. The lowest BCUT2D eigenvalue weighted by Crippen LogP contribution is -2.28. The second-order valence-corrected chi connectivity index (χ2v) is 4.40. The van der Waals surface area contributed by atoms with Crippen molar-refractivity contribution in [2.24, 2.45) is 11.8 Å². The fourth-order valence-electron chi connectivity index (χ4n) is 1.29. The Balaban J connectivity index is 2.52. The normalized spacial score (nSPS) is 28.0. The molecule has 1 fully saturated rings. The van der Waals surface area contributed by atoms with E-state index in [1.165, 1.54) is 11.8 Å². The highest BCUT2D eigenvalue weighted by Crippen LogP contribution is 2.30. The summed E-state index contributed by atoms with van der Waals surface area (Å²) in [6.07, 6.45) is 0.417. The topological polar surface area (TPSA) is 37.3 Å². The Morgan fingerprint density at radius 3 is 2.64 bits per heavy atom. The van der Waals surface area contributed by atoms with E-state index in [9.17, 15) is 9.90 Å². The molecule has 11 heavy (non-hydrogen) atoms. The Morgan fingerprint density at radius 2 is 2.27 bits per heavy atom.